The monoisotopic (exact) mass is 475 g/mol. The molecule has 3 rings (SSSR count). The number of para-hydroxylation sites is 1. The van der Waals surface area contributed by atoms with Crippen LogP contribution in [-0.2, 0) is 11.2 Å². The molecule has 0 aliphatic carbocycles. The minimum atomic E-state index is -0.0237. The van der Waals surface area contributed by atoms with Crippen LogP contribution >= 0.6 is 35.7 Å². The highest BCUT2D eigenvalue weighted by Crippen LogP contribution is 2.36. The Bertz CT molecular complexity index is 957. The van der Waals surface area contributed by atoms with Crippen molar-refractivity contribution in [3.05, 3.63) is 47.3 Å². The minimum Gasteiger partial charge on any atom is -0.360 e. The molecule has 0 bridgehead atoms. The van der Waals surface area contributed by atoms with Crippen molar-refractivity contribution in [1.29, 1.82) is 0 Å². The first kappa shape index (κ1) is 24.3. The van der Waals surface area contributed by atoms with Crippen LogP contribution < -0.4 is 0 Å². The third-order valence-corrected chi connectivity index (χ3v) is 8.04. The molecule has 1 aliphatic rings. The molecule has 1 aromatic heterocycles. The van der Waals surface area contributed by atoms with Gasteiger partial charge in [-0.25, -0.2) is 4.99 Å². The number of aliphatic imine (C=N–C) groups is 1. The average Bonchev–Trinajstić information content (AvgIpc) is 3.17. The molecule has 0 saturated carbocycles. The average molecular weight is 476 g/mol. The summed E-state index contributed by atoms with van der Waals surface area (Å²) in [5, 5.41) is 5.21. The van der Waals surface area contributed by atoms with E-state index in [2.05, 4.69) is 82.8 Å². The molecule has 2 aromatic rings. The van der Waals surface area contributed by atoms with Crippen LogP contribution in [0.15, 0.2) is 39.8 Å². The van der Waals surface area contributed by atoms with Gasteiger partial charge in [-0.3, -0.25) is 0 Å². The van der Waals surface area contributed by atoms with Crippen molar-refractivity contribution < 1.29 is 4.52 Å². The van der Waals surface area contributed by atoms with E-state index in [0.717, 1.165) is 38.9 Å². The Morgan fingerprint density at radius 1 is 1.32 bits per heavy atom. The van der Waals surface area contributed by atoms with E-state index < -0.39 is 0 Å². The van der Waals surface area contributed by atoms with Crippen molar-refractivity contribution in [2.24, 2.45) is 10.4 Å². The molecule has 7 heteroatoms. The molecular weight excluding hydrogens is 442 g/mol. The van der Waals surface area contributed by atoms with Gasteiger partial charge in [0.25, 0.3) is 0 Å². The summed E-state index contributed by atoms with van der Waals surface area (Å²) in [4.78, 5) is 7.27. The van der Waals surface area contributed by atoms with Crippen molar-refractivity contribution in [2.75, 3.05) is 12.3 Å². The van der Waals surface area contributed by atoms with E-state index in [-0.39, 0.29) is 10.8 Å². The first-order valence-electron chi connectivity index (χ1n) is 10.7. The van der Waals surface area contributed by atoms with E-state index in [9.17, 15) is 0 Å². The van der Waals surface area contributed by atoms with Gasteiger partial charge in [-0.2, -0.15) is 0 Å². The van der Waals surface area contributed by atoms with Crippen LogP contribution in [0.25, 0.3) is 0 Å². The largest absolute Gasteiger partial charge is 0.360 e. The van der Waals surface area contributed by atoms with Crippen LogP contribution in [0.1, 0.15) is 71.4 Å². The highest BCUT2D eigenvalue weighted by Gasteiger charge is 2.33. The molecule has 0 N–H and O–H groups in total. The van der Waals surface area contributed by atoms with E-state index in [1.165, 1.54) is 5.56 Å². The molecule has 168 valence electrons. The third-order valence-electron chi connectivity index (χ3n) is 5.07. The van der Waals surface area contributed by atoms with Gasteiger partial charge in [-0.15, -0.1) is 0 Å². The number of hydrogen-bond donors (Lipinski definition) is 0. The van der Waals surface area contributed by atoms with Crippen LogP contribution in [0.5, 0.6) is 0 Å². The maximum absolute atomic E-state index is 5.87. The molecule has 4 nitrogen and oxygen atoms in total. The number of nitrogens with zero attached hydrogens (tertiary/aromatic N) is 3. The number of thioether (sulfide) groups is 2. The summed E-state index contributed by atoms with van der Waals surface area (Å²) < 4.78 is 6.38. The first-order chi connectivity index (χ1) is 14.5. The predicted octanol–water partition coefficient (Wildman–Crippen LogP) is 7.38. The SMILES string of the molecule is CC(C)c1ccccc1N=C1SCC(C)(C)CN1C(=S)SCc1cc(C(C)(C)C)no1. The second kappa shape index (κ2) is 9.67. The smallest absolute Gasteiger partial charge is 0.169 e. The Morgan fingerprint density at radius 3 is 2.68 bits per heavy atom. The molecule has 0 radical (unpaired) electrons. The second-order valence-electron chi connectivity index (χ2n) is 10.1. The number of hydrogen-bond acceptors (Lipinski definition) is 6. The van der Waals surface area contributed by atoms with E-state index in [1.54, 1.807) is 23.5 Å². The summed E-state index contributed by atoms with van der Waals surface area (Å²) in [7, 11) is 0. The molecule has 0 amide bonds. The lowest BCUT2D eigenvalue weighted by molar-refractivity contribution is 0.348. The fourth-order valence-electron chi connectivity index (χ4n) is 3.24. The van der Waals surface area contributed by atoms with Gasteiger partial charge in [-0.1, -0.05) is 108 Å². The van der Waals surface area contributed by atoms with Gasteiger partial charge in [0.2, 0.25) is 0 Å². The van der Waals surface area contributed by atoms with Gasteiger partial charge < -0.3 is 9.42 Å². The molecule has 1 aromatic carbocycles. The van der Waals surface area contributed by atoms with Gasteiger partial charge in [0.05, 0.1) is 17.1 Å². The summed E-state index contributed by atoms with van der Waals surface area (Å²) in [5.41, 5.74) is 3.40. The molecule has 1 saturated heterocycles. The second-order valence-corrected chi connectivity index (χ2v) is 12.7. The number of rotatable bonds is 4. The molecule has 2 heterocycles. The molecular formula is C24H33N3OS3. The lowest BCUT2D eigenvalue weighted by Crippen LogP contribution is -2.45. The number of amidine groups is 1. The summed E-state index contributed by atoms with van der Waals surface area (Å²) in [6.07, 6.45) is 0. The van der Waals surface area contributed by atoms with Crippen LogP contribution in [0.4, 0.5) is 5.69 Å². The summed E-state index contributed by atoms with van der Waals surface area (Å²) in [6, 6.07) is 10.4. The highest BCUT2D eigenvalue weighted by molar-refractivity contribution is 8.22. The van der Waals surface area contributed by atoms with Crippen molar-refractivity contribution in [2.45, 2.75) is 65.6 Å². The van der Waals surface area contributed by atoms with Gasteiger partial charge in [0.15, 0.2) is 5.17 Å². The normalized spacial score (nSPS) is 18.1. The topological polar surface area (TPSA) is 41.6 Å². The van der Waals surface area contributed by atoms with Crippen molar-refractivity contribution in [3.8, 4) is 0 Å². The summed E-state index contributed by atoms with van der Waals surface area (Å²) in [6.45, 7) is 16.2. The lowest BCUT2D eigenvalue weighted by atomic mass is 9.92. The van der Waals surface area contributed by atoms with Gasteiger partial charge in [-0.05, 0) is 23.0 Å². The van der Waals surface area contributed by atoms with Crippen LogP contribution in [0.2, 0.25) is 0 Å². The molecule has 0 spiro atoms. The first-order valence-corrected chi connectivity index (χ1v) is 13.0. The van der Waals surface area contributed by atoms with Gasteiger partial charge in [0, 0.05) is 23.8 Å². The van der Waals surface area contributed by atoms with Crippen LogP contribution in [0, 0.1) is 5.41 Å². The van der Waals surface area contributed by atoms with Gasteiger partial charge >= 0.3 is 0 Å². The molecule has 0 unspecified atom stereocenters. The lowest BCUT2D eigenvalue weighted by Gasteiger charge is -2.39. The summed E-state index contributed by atoms with van der Waals surface area (Å²) >= 11 is 9.27. The zero-order valence-electron chi connectivity index (χ0n) is 19.6. The molecule has 1 aliphatic heterocycles. The maximum atomic E-state index is 5.87. The third kappa shape index (κ3) is 6.36. The standard InChI is InChI=1S/C24H33N3OS3/c1-16(2)18-10-8-9-11-19(18)25-21-27(14-24(6,7)15-31-21)22(29)30-13-17-12-20(26-28-17)23(3,4)5/h8-12,16H,13-15H2,1-7H3. The van der Waals surface area contributed by atoms with E-state index >= 15 is 0 Å². The Kier molecular flexibility index (Phi) is 7.59. The Hall–Kier alpha value is -1.31. The number of thiocarbonyl (C=S) groups is 1. The Labute approximate surface area is 200 Å². The zero-order valence-corrected chi connectivity index (χ0v) is 22.0. The molecule has 1 fully saturated rings. The van der Waals surface area contributed by atoms with E-state index in [0.29, 0.717) is 11.7 Å². The predicted molar refractivity (Wildman–Crippen MR) is 140 cm³/mol. The zero-order chi connectivity index (χ0) is 22.8. The quantitative estimate of drug-likeness (QED) is 0.430. The van der Waals surface area contributed by atoms with Crippen LogP contribution in [0.3, 0.4) is 0 Å². The molecule has 31 heavy (non-hydrogen) atoms. The van der Waals surface area contributed by atoms with Crippen molar-refractivity contribution >= 4 is 50.9 Å². The van der Waals surface area contributed by atoms with E-state index in [1.807, 2.05) is 6.07 Å². The highest BCUT2D eigenvalue weighted by atomic mass is 32.2. The maximum Gasteiger partial charge on any atom is 0.169 e. The fraction of sp³-hybridized carbons (Fsp3) is 0.542. The van der Waals surface area contributed by atoms with Gasteiger partial charge in [0.1, 0.15) is 10.1 Å². The summed E-state index contributed by atoms with van der Waals surface area (Å²) in [5.74, 6) is 2.96. The fourth-order valence-corrected chi connectivity index (χ4v) is 5.48. The van der Waals surface area contributed by atoms with E-state index in [4.69, 9.17) is 21.7 Å². The number of aromatic nitrogens is 1. The Morgan fingerprint density at radius 2 is 2.03 bits per heavy atom. The molecule has 0 atom stereocenters. The minimum absolute atomic E-state index is 0.0237. The van der Waals surface area contributed by atoms with Crippen molar-refractivity contribution in [1.82, 2.24) is 10.1 Å². The Balaban J connectivity index is 1.80. The van der Waals surface area contributed by atoms with Crippen molar-refractivity contribution in [3.63, 3.8) is 0 Å². The number of benzene rings is 1. The van der Waals surface area contributed by atoms with Crippen LogP contribution in [-0.4, -0.2) is 31.8 Å².